The van der Waals surface area contributed by atoms with Gasteiger partial charge in [0.15, 0.2) is 0 Å². The van der Waals surface area contributed by atoms with E-state index in [9.17, 15) is 5.11 Å². The van der Waals surface area contributed by atoms with E-state index in [4.69, 9.17) is 0 Å². The fraction of sp³-hybridized carbons (Fsp3) is 1.00. The molecule has 3 heteroatoms. The number of hydrogen-bond donors (Lipinski definition) is 2. The van der Waals surface area contributed by atoms with Crippen molar-refractivity contribution in [2.24, 2.45) is 5.41 Å². The first-order valence-electron chi connectivity index (χ1n) is 7.54. The SMILES string of the molecule is CN(C)CC(C)(O)CNC1CCC12CCCCC2. The zero-order chi connectivity index (χ0) is 13.2. The lowest BCUT2D eigenvalue weighted by Crippen LogP contribution is -2.58. The van der Waals surface area contributed by atoms with Crippen molar-refractivity contribution in [1.29, 1.82) is 0 Å². The summed E-state index contributed by atoms with van der Waals surface area (Å²) in [5.41, 5.74) is -0.0264. The summed E-state index contributed by atoms with van der Waals surface area (Å²) in [6.45, 7) is 3.38. The van der Waals surface area contributed by atoms with Gasteiger partial charge in [-0.2, -0.15) is 0 Å². The second-order valence-electron chi connectivity index (χ2n) is 7.13. The van der Waals surface area contributed by atoms with Gasteiger partial charge < -0.3 is 15.3 Å². The fourth-order valence-corrected chi connectivity index (χ4v) is 3.95. The topological polar surface area (TPSA) is 35.5 Å². The van der Waals surface area contributed by atoms with Crippen molar-refractivity contribution in [3.05, 3.63) is 0 Å². The summed E-state index contributed by atoms with van der Waals surface area (Å²) in [6.07, 6.45) is 9.75. The van der Waals surface area contributed by atoms with Gasteiger partial charge in [0.05, 0.1) is 5.60 Å². The molecule has 2 aliphatic rings. The monoisotopic (exact) mass is 254 g/mol. The van der Waals surface area contributed by atoms with Crippen molar-refractivity contribution in [2.45, 2.75) is 63.5 Å². The number of aliphatic hydroxyl groups is 1. The molecule has 2 rings (SSSR count). The zero-order valence-electron chi connectivity index (χ0n) is 12.3. The van der Waals surface area contributed by atoms with Crippen molar-refractivity contribution in [2.75, 3.05) is 27.2 Å². The van der Waals surface area contributed by atoms with E-state index < -0.39 is 5.60 Å². The third-order valence-corrected chi connectivity index (χ3v) is 4.91. The number of nitrogens with zero attached hydrogens (tertiary/aromatic N) is 1. The lowest BCUT2D eigenvalue weighted by Gasteiger charge is -2.53. The molecule has 106 valence electrons. The highest BCUT2D eigenvalue weighted by atomic mass is 16.3. The van der Waals surface area contributed by atoms with Gasteiger partial charge in [0, 0.05) is 19.1 Å². The van der Waals surface area contributed by atoms with Crippen molar-refractivity contribution in [1.82, 2.24) is 10.2 Å². The Morgan fingerprint density at radius 3 is 2.39 bits per heavy atom. The van der Waals surface area contributed by atoms with Crippen LogP contribution in [0.25, 0.3) is 0 Å². The van der Waals surface area contributed by atoms with Crippen LogP contribution in [0.4, 0.5) is 0 Å². The minimum absolute atomic E-state index is 0.590. The maximum atomic E-state index is 10.3. The van der Waals surface area contributed by atoms with Crippen LogP contribution in [0.3, 0.4) is 0 Å². The summed E-state index contributed by atoms with van der Waals surface area (Å²) in [5, 5.41) is 14.0. The second kappa shape index (κ2) is 5.48. The molecule has 0 aromatic carbocycles. The van der Waals surface area contributed by atoms with Crippen molar-refractivity contribution < 1.29 is 5.11 Å². The third kappa shape index (κ3) is 3.25. The number of likely N-dealkylation sites (N-methyl/N-ethyl adjacent to an activating group) is 1. The van der Waals surface area contributed by atoms with Crippen LogP contribution in [-0.2, 0) is 0 Å². The van der Waals surface area contributed by atoms with Crippen molar-refractivity contribution >= 4 is 0 Å². The van der Waals surface area contributed by atoms with Gasteiger partial charge in [0.2, 0.25) is 0 Å². The van der Waals surface area contributed by atoms with Crippen LogP contribution in [0.1, 0.15) is 51.9 Å². The van der Waals surface area contributed by atoms with E-state index in [1.165, 1.54) is 44.9 Å². The van der Waals surface area contributed by atoms with Crippen LogP contribution in [0.15, 0.2) is 0 Å². The molecule has 2 unspecified atom stereocenters. The van der Waals surface area contributed by atoms with Crippen LogP contribution in [-0.4, -0.2) is 48.8 Å². The molecular weight excluding hydrogens is 224 g/mol. The standard InChI is InChI=1S/C15H30N2O/c1-14(18,12-17(2)3)11-16-13-7-10-15(13)8-5-4-6-9-15/h13,16,18H,4-12H2,1-3H3. The summed E-state index contributed by atoms with van der Waals surface area (Å²) >= 11 is 0. The van der Waals surface area contributed by atoms with Gasteiger partial charge in [-0.25, -0.2) is 0 Å². The molecule has 18 heavy (non-hydrogen) atoms. The lowest BCUT2D eigenvalue weighted by molar-refractivity contribution is -0.0101. The molecule has 2 saturated carbocycles. The van der Waals surface area contributed by atoms with Gasteiger partial charge in [-0.05, 0) is 52.1 Å². The minimum atomic E-state index is -0.616. The maximum absolute atomic E-state index is 10.3. The van der Waals surface area contributed by atoms with Crippen LogP contribution >= 0.6 is 0 Å². The first-order valence-corrected chi connectivity index (χ1v) is 7.54. The Kier molecular flexibility index (Phi) is 4.35. The van der Waals surface area contributed by atoms with Gasteiger partial charge >= 0.3 is 0 Å². The Morgan fingerprint density at radius 1 is 1.22 bits per heavy atom. The molecule has 3 nitrogen and oxygen atoms in total. The van der Waals surface area contributed by atoms with E-state index in [0.717, 1.165) is 13.1 Å². The minimum Gasteiger partial charge on any atom is -0.388 e. The number of nitrogens with one attached hydrogen (secondary N) is 1. The Labute approximate surface area is 112 Å². The van der Waals surface area contributed by atoms with Crippen LogP contribution in [0, 0.1) is 5.41 Å². The molecule has 1 spiro atoms. The molecule has 0 aliphatic heterocycles. The van der Waals surface area contributed by atoms with Crippen LogP contribution in [0.5, 0.6) is 0 Å². The Bertz CT molecular complexity index is 270. The lowest BCUT2D eigenvalue weighted by atomic mass is 9.57. The molecule has 0 saturated heterocycles. The molecule has 2 atom stereocenters. The molecule has 0 heterocycles. The van der Waals surface area contributed by atoms with Crippen molar-refractivity contribution in [3.8, 4) is 0 Å². The van der Waals surface area contributed by atoms with Crippen molar-refractivity contribution in [3.63, 3.8) is 0 Å². The number of rotatable bonds is 5. The largest absolute Gasteiger partial charge is 0.388 e. The highest BCUT2D eigenvalue weighted by Gasteiger charge is 2.46. The first kappa shape index (κ1) is 14.3. The summed E-state index contributed by atoms with van der Waals surface area (Å²) < 4.78 is 0. The predicted octanol–water partition coefficient (Wildman–Crippen LogP) is 2.00. The highest BCUT2D eigenvalue weighted by molar-refractivity contribution is 5.02. The van der Waals surface area contributed by atoms with E-state index in [1.54, 1.807) is 0 Å². The molecule has 0 bridgehead atoms. The average molecular weight is 254 g/mol. The molecule has 0 aromatic heterocycles. The number of hydrogen-bond acceptors (Lipinski definition) is 3. The molecule has 2 N–H and O–H groups in total. The van der Waals surface area contributed by atoms with E-state index in [0.29, 0.717) is 11.5 Å². The molecule has 0 aromatic rings. The van der Waals surface area contributed by atoms with E-state index in [1.807, 2.05) is 21.0 Å². The third-order valence-electron chi connectivity index (χ3n) is 4.91. The quantitative estimate of drug-likeness (QED) is 0.788. The summed E-state index contributed by atoms with van der Waals surface area (Å²) in [4.78, 5) is 2.05. The van der Waals surface area contributed by atoms with Gasteiger partial charge in [0.1, 0.15) is 0 Å². The Morgan fingerprint density at radius 2 is 1.89 bits per heavy atom. The van der Waals surface area contributed by atoms with Crippen LogP contribution in [0.2, 0.25) is 0 Å². The Balaban J connectivity index is 1.80. The smallest absolute Gasteiger partial charge is 0.0869 e. The molecule has 0 radical (unpaired) electrons. The summed E-state index contributed by atoms with van der Waals surface area (Å²) in [5.74, 6) is 0. The normalized spacial score (nSPS) is 30.2. The second-order valence-corrected chi connectivity index (χ2v) is 7.13. The Hall–Kier alpha value is -0.120. The maximum Gasteiger partial charge on any atom is 0.0869 e. The van der Waals surface area contributed by atoms with E-state index >= 15 is 0 Å². The van der Waals surface area contributed by atoms with Gasteiger partial charge in [-0.15, -0.1) is 0 Å². The van der Waals surface area contributed by atoms with Gasteiger partial charge in [-0.1, -0.05) is 19.3 Å². The van der Waals surface area contributed by atoms with Gasteiger partial charge in [-0.3, -0.25) is 0 Å². The molecular formula is C15H30N2O. The average Bonchev–Trinajstić information content (AvgIpc) is 2.27. The van der Waals surface area contributed by atoms with E-state index in [2.05, 4.69) is 10.2 Å². The highest BCUT2D eigenvalue weighted by Crippen LogP contribution is 2.51. The molecule has 2 fully saturated rings. The molecule has 0 amide bonds. The summed E-state index contributed by atoms with van der Waals surface area (Å²) in [7, 11) is 4.03. The van der Waals surface area contributed by atoms with Crippen LogP contribution < -0.4 is 5.32 Å². The van der Waals surface area contributed by atoms with E-state index in [-0.39, 0.29) is 0 Å². The summed E-state index contributed by atoms with van der Waals surface area (Å²) in [6, 6.07) is 0.659. The zero-order valence-corrected chi connectivity index (χ0v) is 12.3. The van der Waals surface area contributed by atoms with Gasteiger partial charge in [0.25, 0.3) is 0 Å². The predicted molar refractivity (Wildman–Crippen MR) is 75.7 cm³/mol. The molecule has 2 aliphatic carbocycles. The first-order chi connectivity index (χ1) is 8.44. The fourth-order valence-electron chi connectivity index (χ4n) is 3.95.